The highest BCUT2D eigenvalue weighted by atomic mass is 32.2. The summed E-state index contributed by atoms with van der Waals surface area (Å²) >= 11 is 0. The van der Waals surface area contributed by atoms with Gasteiger partial charge in [-0.25, -0.2) is 13.1 Å². The third kappa shape index (κ3) is 3.63. The number of aryl methyl sites for hydroxylation is 1. The van der Waals surface area contributed by atoms with Crippen molar-refractivity contribution in [2.24, 2.45) is 5.73 Å². The first-order valence-electron chi connectivity index (χ1n) is 4.81. The number of nitrogens with one attached hydrogen (secondary N) is 2. The Labute approximate surface area is 95.2 Å². The molecule has 16 heavy (non-hydrogen) atoms. The molecule has 0 saturated heterocycles. The van der Waals surface area contributed by atoms with Gasteiger partial charge in [0.1, 0.15) is 0 Å². The van der Waals surface area contributed by atoms with Crippen molar-refractivity contribution in [3.63, 3.8) is 0 Å². The van der Waals surface area contributed by atoms with Crippen LogP contribution in [-0.4, -0.2) is 20.8 Å². The quantitative estimate of drug-likeness (QED) is 0.520. The molecule has 0 amide bonds. The largest absolute Gasteiger partial charge is 0.388 e. The van der Waals surface area contributed by atoms with E-state index >= 15 is 0 Å². The van der Waals surface area contributed by atoms with E-state index in [9.17, 15) is 8.42 Å². The lowest BCUT2D eigenvalue weighted by Gasteiger charge is -2.06. The van der Waals surface area contributed by atoms with Gasteiger partial charge in [-0.3, -0.25) is 5.41 Å². The molecule has 6 heteroatoms. The van der Waals surface area contributed by atoms with E-state index in [1.54, 1.807) is 24.3 Å². The molecule has 1 aromatic rings. The minimum absolute atomic E-state index is 0.0355. The Balaban J connectivity index is 2.71. The second kappa shape index (κ2) is 5.09. The molecule has 1 aromatic carbocycles. The lowest BCUT2D eigenvalue weighted by molar-refractivity contribution is 0.582. The van der Waals surface area contributed by atoms with E-state index in [1.165, 1.54) is 0 Å². The van der Waals surface area contributed by atoms with E-state index in [1.807, 2.05) is 6.92 Å². The lowest BCUT2D eigenvalue weighted by atomic mass is 10.2. The molecule has 4 N–H and O–H groups in total. The minimum atomic E-state index is -3.47. The fraction of sp³-hybridized carbons (Fsp3) is 0.300. The third-order valence-corrected chi connectivity index (χ3v) is 3.49. The predicted octanol–water partition coefficient (Wildman–Crippen LogP) is 0.599. The van der Waals surface area contributed by atoms with Gasteiger partial charge in [-0.2, -0.15) is 0 Å². The van der Waals surface area contributed by atoms with Crippen molar-refractivity contribution >= 4 is 15.9 Å². The Kier molecular flexibility index (Phi) is 4.03. The van der Waals surface area contributed by atoms with Crippen LogP contribution < -0.4 is 10.5 Å². The highest BCUT2D eigenvalue weighted by Gasteiger charge is 2.12. The van der Waals surface area contributed by atoms with Crippen LogP contribution >= 0.6 is 0 Å². The standard InChI is InChI=1S/C10H15N3O2S/c1-8-2-4-9(5-3-8)16(14,15)13-7-6-10(11)12/h2-5,13H,6-7H2,1H3,(H3,11,12). The summed E-state index contributed by atoms with van der Waals surface area (Å²) in [7, 11) is -3.47. The van der Waals surface area contributed by atoms with Crippen molar-refractivity contribution in [3.8, 4) is 0 Å². The topological polar surface area (TPSA) is 96.0 Å². The van der Waals surface area contributed by atoms with Gasteiger partial charge in [0, 0.05) is 13.0 Å². The van der Waals surface area contributed by atoms with Crippen molar-refractivity contribution in [2.45, 2.75) is 18.2 Å². The molecular weight excluding hydrogens is 226 g/mol. The second-order valence-corrected chi connectivity index (χ2v) is 5.25. The maximum absolute atomic E-state index is 11.7. The Hall–Kier alpha value is -1.40. The molecular formula is C10H15N3O2S. The summed E-state index contributed by atoms with van der Waals surface area (Å²) in [5.41, 5.74) is 6.13. The van der Waals surface area contributed by atoms with E-state index in [0.29, 0.717) is 0 Å². The van der Waals surface area contributed by atoms with Crippen LogP contribution in [0.25, 0.3) is 0 Å². The molecule has 0 aliphatic carbocycles. The van der Waals surface area contributed by atoms with Crippen LogP contribution in [0, 0.1) is 12.3 Å². The van der Waals surface area contributed by atoms with Gasteiger partial charge in [-0.1, -0.05) is 17.7 Å². The number of sulfonamides is 1. The van der Waals surface area contributed by atoms with Gasteiger partial charge in [0.2, 0.25) is 10.0 Å². The molecule has 0 saturated carbocycles. The van der Waals surface area contributed by atoms with Crippen LogP contribution in [0.3, 0.4) is 0 Å². The molecule has 0 atom stereocenters. The lowest BCUT2D eigenvalue weighted by Crippen LogP contribution is -2.27. The van der Waals surface area contributed by atoms with Gasteiger partial charge in [-0.15, -0.1) is 0 Å². The number of benzene rings is 1. The summed E-state index contributed by atoms with van der Waals surface area (Å²) in [6.45, 7) is 2.03. The average Bonchev–Trinajstić information content (AvgIpc) is 2.17. The molecule has 5 nitrogen and oxygen atoms in total. The van der Waals surface area contributed by atoms with E-state index in [4.69, 9.17) is 11.1 Å². The number of amidine groups is 1. The smallest absolute Gasteiger partial charge is 0.240 e. The second-order valence-electron chi connectivity index (χ2n) is 3.49. The summed E-state index contributed by atoms with van der Waals surface area (Å²) in [5.74, 6) is -0.0355. The van der Waals surface area contributed by atoms with Gasteiger partial charge < -0.3 is 5.73 Å². The summed E-state index contributed by atoms with van der Waals surface area (Å²) in [5, 5.41) is 6.98. The van der Waals surface area contributed by atoms with E-state index in [2.05, 4.69) is 4.72 Å². The van der Waals surface area contributed by atoms with E-state index in [-0.39, 0.29) is 23.7 Å². The molecule has 0 radical (unpaired) electrons. The fourth-order valence-corrected chi connectivity index (χ4v) is 2.15. The number of nitrogens with two attached hydrogens (primary N) is 1. The number of hydrogen-bond donors (Lipinski definition) is 3. The first kappa shape index (κ1) is 12.7. The zero-order chi connectivity index (χ0) is 12.2. The van der Waals surface area contributed by atoms with Gasteiger partial charge in [0.15, 0.2) is 0 Å². The average molecular weight is 241 g/mol. The Morgan fingerprint density at radius 1 is 1.38 bits per heavy atom. The highest BCUT2D eigenvalue weighted by molar-refractivity contribution is 7.89. The molecule has 1 rings (SSSR count). The highest BCUT2D eigenvalue weighted by Crippen LogP contribution is 2.09. The Morgan fingerprint density at radius 3 is 2.44 bits per heavy atom. The molecule has 88 valence electrons. The Bertz CT molecular complexity index is 465. The maximum atomic E-state index is 11.7. The molecule has 0 spiro atoms. The minimum Gasteiger partial charge on any atom is -0.388 e. The number of rotatable bonds is 5. The van der Waals surface area contributed by atoms with E-state index < -0.39 is 10.0 Å². The molecule has 0 bridgehead atoms. The molecule has 0 aliphatic heterocycles. The van der Waals surface area contributed by atoms with Crippen LogP contribution in [0.15, 0.2) is 29.2 Å². The predicted molar refractivity (Wildman–Crippen MR) is 62.9 cm³/mol. The summed E-state index contributed by atoms with van der Waals surface area (Å²) < 4.78 is 25.8. The fourth-order valence-electron chi connectivity index (χ4n) is 1.12. The van der Waals surface area contributed by atoms with Crippen molar-refractivity contribution < 1.29 is 8.42 Å². The molecule has 0 fully saturated rings. The summed E-state index contributed by atoms with van der Waals surface area (Å²) in [4.78, 5) is 0.224. The Morgan fingerprint density at radius 2 is 1.94 bits per heavy atom. The zero-order valence-electron chi connectivity index (χ0n) is 9.03. The zero-order valence-corrected chi connectivity index (χ0v) is 9.84. The van der Waals surface area contributed by atoms with Crippen LogP contribution in [0.1, 0.15) is 12.0 Å². The van der Waals surface area contributed by atoms with Crippen molar-refractivity contribution in [1.82, 2.24) is 4.72 Å². The van der Waals surface area contributed by atoms with Gasteiger partial charge in [0.25, 0.3) is 0 Å². The van der Waals surface area contributed by atoms with Crippen LogP contribution in [0.5, 0.6) is 0 Å². The maximum Gasteiger partial charge on any atom is 0.240 e. The monoisotopic (exact) mass is 241 g/mol. The summed E-state index contributed by atoms with van der Waals surface area (Å²) in [6, 6.07) is 6.57. The van der Waals surface area contributed by atoms with Crippen LogP contribution in [0.2, 0.25) is 0 Å². The molecule has 0 aliphatic rings. The van der Waals surface area contributed by atoms with Gasteiger partial charge >= 0.3 is 0 Å². The van der Waals surface area contributed by atoms with Gasteiger partial charge in [0.05, 0.1) is 10.7 Å². The van der Waals surface area contributed by atoms with Crippen LogP contribution in [0.4, 0.5) is 0 Å². The first-order valence-corrected chi connectivity index (χ1v) is 6.29. The van der Waals surface area contributed by atoms with E-state index in [0.717, 1.165) is 5.56 Å². The summed E-state index contributed by atoms with van der Waals surface area (Å²) in [6.07, 6.45) is 0.213. The normalized spacial score (nSPS) is 11.3. The number of hydrogen-bond acceptors (Lipinski definition) is 3. The third-order valence-electron chi connectivity index (χ3n) is 2.02. The molecule has 0 heterocycles. The van der Waals surface area contributed by atoms with Crippen molar-refractivity contribution in [1.29, 1.82) is 5.41 Å². The SMILES string of the molecule is Cc1ccc(S(=O)(=O)NCCC(=N)N)cc1. The van der Waals surface area contributed by atoms with Gasteiger partial charge in [-0.05, 0) is 19.1 Å². The first-order chi connectivity index (χ1) is 7.42. The van der Waals surface area contributed by atoms with Crippen molar-refractivity contribution in [3.05, 3.63) is 29.8 Å². The van der Waals surface area contributed by atoms with Crippen molar-refractivity contribution in [2.75, 3.05) is 6.54 Å². The van der Waals surface area contributed by atoms with Crippen LogP contribution in [-0.2, 0) is 10.0 Å². The molecule has 0 unspecified atom stereocenters. The molecule has 0 aromatic heterocycles.